The molecule has 0 radical (unpaired) electrons. The van der Waals surface area contributed by atoms with Crippen molar-refractivity contribution >= 4 is 34.8 Å². The van der Waals surface area contributed by atoms with Crippen molar-refractivity contribution in [3.05, 3.63) is 52.0 Å². The Morgan fingerprint density at radius 1 is 1.15 bits per heavy atom. The minimum atomic E-state index is -0.469. The number of hydrogen-bond acceptors (Lipinski definition) is 3. The fraction of sp³-hybridized carbons (Fsp3) is 0.0714. The van der Waals surface area contributed by atoms with Crippen molar-refractivity contribution in [1.82, 2.24) is 0 Å². The summed E-state index contributed by atoms with van der Waals surface area (Å²) >= 11 is 11.7. The number of nitrogens with one attached hydrogen (secondary N) is 1. The summed E-state index contributed by atoms with van der Waals surface area (Å²) in [6.45, 7) is 0. The highest BCUT2D eigenvalue weighted by molar-refractivity contribution is 6.35. The third kappa shape index (κ3) is 3.35. The first-order valence-electron chi connectivity index (χ1n) is 5.64. The third-order valence-corrected chi connectivity index (χ3v) is 3.01. The molecule has 2 rings (SSSR count). The van der Waals surface area contributed by atoms with Crippen LogP contribution in [0.15, 0.2) is 36.4 Å². The van der Waals surface area contributed by atoms with Gasteiger partial charge in [0.15, 0.2) is 0 Å². The van der Waals surface area contributed by atoms with Crippen LogP contribution in [0, 0.1) is 0 Å². The molecule has 0 heterocycles. The Balaban J connectivity index is 2.23. The fourth-order valence-electron chi connectivity index (χ4n) is 1.65. The average molecular weight is 312 g/mol. The number of rotatable bonds is 3. The van der Waals surface area contributed by atoms with E-state index in [4.69, 9.17) is 27.9 Å². The molecule has 104 valence electrons. The zero-order chi connectivity index (χ0) is 14.7. The number of halogens is 2. The van der Waals surface area contributed by atoms with E-state index in [1.807, 2.05) is 0 Å². The van der Waals surface area contributed by atoms with E-state index >= 15 is 0 Å². The van der Waals surface area contributed by atoms with Gasteiger partial charge in [0.1, 0.15) is 11.5 Å². The predicted molar refractivity (Wildman–Crippen MR) is 79.1 cm³/mol. The van der Waals surface area contributed by atoms with Crippen LogP contribution in [-0.2, 0) is 0 Å². The molecule has 2 aromatic carbocycles. The van der Waals surface area contributed by atoms with Gasteiger partial charge in [-0.2, -0.15) is 0 Å². The van der Waals surface area contributed by atoms with Crippen molar-refractivity contribution in [1.29, 1.82) is 0 Å². The van der Waals surface area contributed by atoms with Gasteiger partial charge in [-0.1, -0.05) is 23.2 Å². The number of ether oxygens (including phenoxy) is 1. The maximum Gasteiger partial charge on any atom is 0.259 e. The summed E-state index contributed by atoms with van der Waals surface area (Å²) in [4.78, 5) is 12.1. The lowest BCUT2D eigenvalue weighted by atomic mass is 10.1. The van der Waals surface area contributed by atoms with Crippen LogP contribution in [0.1, 0.15) is 10.4 Å². The molecule has 0 fully saturated rings. The molecule has 0 aliphatic heterocycles. The van der Waals surface area contributed by atoms with Gasteiger partial charge < -0.3 is 15.2 Å². The summed E-state index contributed by atoms with van der Waals surface area (Å²) < 4.78 is 4.95. The molecule has 4 nitrogen and oxygen atoms in total. The molecule has 0 aliphatic rings. The van der Waals surface area contributed by atoms with E-state index in [1.54, 1.807) is 24.3 Å². The van der Waals surface area contributed by atoms with Crippen molar-refractivity contribution < 1.29 is 14.6 Å². The zero-order valence-electron chi connectivity index (χ0n) is 10.5. The first-order valence-corrected chi connectivity index (χ1v) is 6.39. The van der Waals surface area contributed by atoms with Crippen LogP contribution in [0.25, 0.3) is 0 Å². The highest BCUT2D eigenvalue weighted by Crippen LogP contribution is 2.26. The number of phenolic OH excluding ortho intramolecular Hbond substituents is 1. The number of aromatic hydroxyl groups is 1. The van der Waals surface area contributed by atoms with Gasteiger partial charge in [-0.05, 0) is 30.3 Å². The van der Waals surface area contributed by atoms with Gasteiger partial charge in [0.2, 0.25) is 0 Å². The third-order valence-electron chi connectivity index (χ3n) is 2.57. The maximum absolute atomic E-state index is 12.1. The SMILES string of the molecule is COc1ccc(C(=O)Nc2cc(Cl)cc(Cl)c2)c(O)c1. The number of methoxy groups -OCH3 is 1. The van der Waals surface area contributed by atoms with Crippen molar-refractivity contribution in [3.8, 4) is 11.5 Å². The highest BCUT2D eigenvalue weighted by atomic mass is 35.5. The monoisotopic (exact) mass is 311 g/mol. The predicted octanol–water partition coefficient (Wildman–Crippen LogP) is 3.96. The quantitative estimate of drug-likeness (QED) is 0.902. The Kier molecular flexibility index (Phi) is 4.37. The number of amides is 1. The molecule has 0 unspecified atom stereocenters. The molecule has 0 saturated carbocycles. The van der Waals surface area contributed by atoms with Crippen LogP contribution in [0.4, 0.5) is 5.69 Å². The van der Waals surface area contributed by atoms with Crippen LogP contribution in [0.2, 0.25) is 10.0 Å². The molecule has 0 aromatic heterocycles. The summed E-state index contributed by atoms with van der Waals surface area (Å²) in [5, 5.41) is 13.2. The van der Waals surface area contributed by atoms with E-state index in [2.05, 4.69) is 5.32 Å². The fourth-order valence-corrected chi connectivity index (χ4v) is 2.18. The first-order chi connectivity index (χ1) is 9.49. The number of hydrogen-bond donors (Lipinski definition) is 2. The van der Waals surface area contributed by atoms with E-state index in [9.17, 15) is 9.90 Å². The molecule has 0 aliphatic carbocycles. The van der Waals surface area contributed by atoms with E-state index in [1.165, 1.54) is 19.2 Å². The minimum Gasteiger partial charge on any atom is -0.507 e. The normalized spacial score (nSPS) is 10.2. The minimum absolute atomic E-state index is 0.127. The lowest BCUT2D eigenvalue weighted by Gasteiger charge is -2.09. The highest BCUT2D eigenvalue weighted by Gasteiger charge is 2.12. The summed E-state index contributed by atoms with van der Waals surface area (Å²) in [6.07, 6.45) is 0. The lowest BCUT2D eigenvalue weighted by Crippen LogP contribution is -2.12. The Morgan fingerprint density at radius 2 is 1.80 bits per heavy atom. The number of anilines is 1. The largest absolute Gasteiger partial charge is 0.507 e. The smallest absolute Gasteiger partial charge is 0.259 e. The zero-order valence-corrected chi connectivity index (χ0v) is 12.0. The van der Waals surface area contributed by atoms with Crippen LogP contribution in [0.3, 0.4) is 0 Å². The molecule has 0 bridgehead atoms. The second-order valence-corrected chi connectivity index (χ2v) is 4.87. The number of phenols is 1. The van der Waals surface area contributed by atoms with Gasteiger partial charge in [-0.25, -0.2) is 0 Å². The molecule has 2 N–H and O–H groups in total. The van der Waals surface area contributed by atoms with Gasteiger partial charge in [-0.3, -0.25) is 4.79 Å². The van der Waals surface area contributed by atoms with Crippen LogP contribution in [0.5, 0.6) is 11.5 Å². The van der Waals surface area contributed by atoms with E-state index in [-0.39, 0.29) is 11.3 Å². The summed E-state index contributed by atoms with van der Waals surface area (Å²) in [7, 11) is 1.47. The molecular formula is C14H11Cl2NO3. The Bertz CT molecular complexity index is 639. The summed E-state index contributed by atoms with van der Waals surface area (Å²) in [5.41, 5.74) is 0.574. The topological polar surface area (TPSA) is 58.6 Å². The first kappa shape index (κ1) is 14.5. The van der Waals surface area contributed by atoms with Crippen LogP contribution >= 0.6 is 23.2 Å². The summed E-state index contributed by atoms with van der Waals surface area (Å²) in [5.74, 6) is -0.177. The summed E-state index contributed by atoms with van der Waals surface area (Å²) in [6, 6.07) is 9.09. The van der Waals surface area contributed by atoms with Gasteiger partial charge in [0.25, 0.3) is 5.91 Å². The molecule has 2 aromatic rings. The molecule has 0 spiro atoms. The van der Waals surface area contributed by atoms with Gasteiger partial charge in [0.05, 0.1) is 12.7 Å². The number of carbonyl (C=O) groups is 1. The van der Waals surface area contributed by atoms with Crippen molar-refractivity contribution in [3.63, 3.8) is 0 Å². The second kappa shape index (κ2) is 6.03. The Morgan fingerprint density at radius 3 is 2.35 bits per heavy atom. The van der Waals surface area contributed by atoms with Crippen LogP contribution < -0.4 is 10.1 Å². The van der Waals surface area contributed by atoms with E-state index in [0.29, 0.717) is 21.5 Å². The van der Waals surface area contributed by atoms with Gasteiger partial charge in [0, 0.05) is 21.8 Å². The molecular weight excluding hydrogens is 301 g/mol. The molecule has 0 saturated heterocycles. The second-order valence-electron chi connectivity index (χ2n) is 4.00. The molecule has 6 heteroatoms. The van der Waals surface area contributed by atoms with Gasteiger partial charge in [-0.15, -0.1) is 0 Å². The lowest BCUT2D eigenvalue weighted by molar-refractivity contribution is 0.102. The molecule has 1 amide bonds. The van der Waals surface area contributed by atoms with Crippen molar-refractivity contribution in [2.45, 2.75) is 0 Å². The molecule has 20 heavy (non-hydrogen) atoms. The van der Waals surface area contributed by atoms with E-state index < -0.39 is 5.91 Å². The molecule has 0 atom stereocenters. The Labute approximate surface area is 125 Å². The average Bonchev–Trinajstić information content (AvgIpc) is 2.36. The van der Waals surface area contributed by atoms with E-state index in [0.717, 1.165) is 0 Å². The Hall–Kier alpha value is -1.91. The maximum atomic E-state index is 12.1. The number of benzene rings is 2. The van der Waals surface area contributed by atoms with Crippen LogP contribution in [-0.4, -0.2) is 18.1 Å². The van der Waals surface area contributed by atoms with Crippen molar-refractivity contribution in [2.24, 2.45) is 0 Å². The van der Waals surface area contributed by atoms with Crippen molar-refractivity contribution in [2.75, 3.05) is 12.4 Å². The standard InChI is InChI=1S/C14H11Cl2NO3/c1-20-11-2-3-12(13(18)7-11)14(19)17-10-5-8(15)4-9(16)6-10/h2-7,18H,1H3,(H,17,19). The van der Waals surface area contributed by atoms with Gasteiger partial charge >= 0.3 is 0 Å². The number of carbonyl (C=O) groups excluding carboxylic acids is 1.